The van der Waals surface area contributed by atoms with Gasteiger partial charge in [0.2, 0.25) is 0 Å². The summed E-state index contributed by atoms with van der Waals surface area (Å²) in [6, 6.07) is 82.6. The highest BCUT2D eigenvalue weighted by Crippen LogP contribution is 2.66. The van der Waals surface area contributed by atoms with Crippen molar-refractivity contribution in [2.24, 2.45) is 0 Å². The number of para-hydroxylation sites is 1. The zero-order valence-corrected chi connectivity index (χ0v) is 34.9. The number of benzene rings is 9. The van der Waals surface area contributed by atoms with Crippen molar-refractivity contribution in [1.29, 1.82) is 0 Å². The lowest BCUT2D eigenvalue weighted by molar-refractivity contribution is 0.207. The summed E-state index contributed by atoms with van der Waals surface area (Å²) in [6.07, 6.45) is -0.119. The van der Waals surface area contributed by atoms with Gasteiger partial charge in [0, 0.05) is 34.0 Å². The Morgan fingerprint density at radius 3 is 1.56 bits per heavy atom. The van der Waals surface area contributed by atoms with Gasteiger partial charge >= 0.3 is 0 Å². The molecule has 0 radical (unpaired) electrons. The Labute approximate surface area is 364 Å². The van der Waals surface area contributed by atoms with Gasteiger partial charge < -0.3 is 9.64 Å². The topological polar surface area (TPSA) is 12.5 Å². The second kappa shape index (κ2) is 14.1. The molecule has 9 aromatic carbocycles. The molecule has 2 atom stereocenters. The van der Waals surface area contributed by atoms with Crippen LogP contribution >= 0.6 is 0 Å². The van der Waals surface area contributed by atoms with E-state index < -0.39 is 5.41 Å². The van der Waals surface area contributed by atoms with Gasteiger partial charge in [0.15, 0.2) is 0 Å². The maximum atomic E-state index is 6.99. The standard InChI is InChI=1S/C60H45NO/c1-59(2)53-24-14-12-22-49(53)51-39-48(35-37-54(51)59)61(46-31-26-41(27-32-46)40-16-6-3-7-17-40)47-33-28-42(29-34-47)43-30-36-55-52(38-43)58-57(50-23-13-15-25-56(50)62-58)60(55,44-18-8-4-9-19-44)45-20-10-5-11-21-45/h3-39,57-58H,1-2H3. The van der Waals surface area contributed by atoms with Crippen LogP contribution < -0.4 is 9.64 Å². The van der Waals surface area contributed by atoms with Gasteiger partial charge in [-0.2, -0.15) is 0 Å². The molecule has 1 aliphatic heterocycles. The molecule has 1 heterocycles. The maximum absolute atomic E-state index is 6.99. The second-order valence-corrected chi connectivity index (χ2v) is 17.6. The molecule has 296 valence electrons. The van der Waals surface area contributed by atoms with Crippen molar-refractivity contribution in [3.8, 4) is 39.1 Å². The van der Waals surface area contributed by atoms with Gasteiger partial charge in [0.1, 0.15) is 11.9 Å². The Hall–Kier alpha value is -7.42. The minimum absolute atomic E-state index is 0.0572. The summed E-state index contributed by atoms with van der Waals surface area (Å²) < 4.78 is 6.99. The van der Waals surface area contributed by atoms with Crippen LogP contribution in [0.25, 0.3) is 33.4 Å². The van der Waals surface area contributed by atoms with Crippen LogP contribution in [0, 0.1) is 0 Å². The van der Waals surface area contributed by atoms with Crippen LogP contribution in [-0.2, 0) is 10.8 Å². The van der Waals surface area contributed by atoms with Crippen molar-refractivity contribution in [1.82, 2.24) is 0 Å². The number of hydrogen-bond acceptors (Lipinski definition) is 2. The molecule has 3 aliphatic rings. The van der Waals surface area contributed by atoms with E-state index in [4.69, 9.17) is 4.74 Å². The fourth-order valence-electron chi connectivity index (χ4n) is 11.2. The van der Waals surface area contributed by atoms with Crippen LogP contribution in [0.4, 0.5) is 17.1 Å². The van der Waals surface area contributed by atoms with E-state index in [1.54, 1.807) is 0 Å². The molecule has 0 saturated carbocycles. The third-order valence-electron chi connectivity index (χ3n) is 14.0. The van der Waals surface area contributed by atoms with Gasteiger partial charge in [-0.25, -0.2) is 0 Å². The molecule has 62 heavy (non-hydrogen) atoms. The van der Waals surface area contributed by atoms with Gasteiger partial charge in [-0.3, -0.25) is 0 Å². The molecule has 0 fully saturated rings. The summed E-state index contributed by atoms with van der Waals surface area (Å²) in [6.45, 7) is 4.69. The Morgan fingerprint density at radius 1 is 0.387 bits per heavy atom. The van der Waals surface area contributed by atoms with Crippen molar-refractivity contribution < 1.29 is 4.74 Å². The molecular formula is C60H45NO. The molecule has 2 aliphatic carbocycles. The highest BCUT2D eigenvalue weighted by molar-refractivity contribution is 5.87. The van der Waals surface area contributed by atoms with Crippen molar-refractivity contribution in [2.75, 3.05) is 4.90 Å². The minimum atomic E-state index is -0.417. The maximum Gasteiger partial charge on any atom is 0.133 e. The average molecular weight is 796 g/mol. The number of anilines is 3. The van der Waals surface area contributed by atoms with Crippen LogP contribution in [0.3, 0.4) is 0 Å². The van der Waals surface area contributed by atoms with E-state index in [0.29, 0.717) is 0 Å². The molecular weight excluding hydrogens is 751 g/mol. The van der Waals surface area contributed by atoms with Gasteiger partial charge in [0.25, 0.3) is 0 Å². The summed E-state index contributed by atoms with van der Waals surface area (Å²) in [5.41, 5.74) is 19.4. The Bertz CT molecular complexity index is 3080. The van der Waals surface area contributed by atoms with Crippen molar-refractivity contribution in [2.45, 2.75) is 36.7 Å². The monoisotopic (exact) mass is 795 g/mol. The van der Waals surface area contributed by atoms with Crippen LogP contribution in [0.2, 0.25) is 0 Å². The predicted molar refractivity (Wildman–Crippen MR) is 255 cm³/mol. The first-order chi connectivity index (χ1) is 30.5. The van der Waals surface area contributed by atoms with E-state index in [1.807, 2.05) is 0 Å². The van der Waals surface area contributed by atoms with Gasteiger partial charge in [-0.15, -0.1) is 0 Å². The van der Waals surface area contributed by atoms with Crippen LogP contribution in [0.5, 0.6) is 5.75 Å². The van der Waals surface area contributed by atoms with Gasteiger partial charge in [-0.1, -0.05) is 190 Å². The highest BCUT2D eigenvalue weighted by Gasteiger charge is 2.59. The predicted octanol–water partition coefficient (Wildman–Crippen LogP) is 15.4. The summed E-state index contributed by atoms with van der Waals surface area (Å²) >= 11 is 0. The van der Waals surface area contributed by atoms with Gasteiger partial charge in [-0.05, 0) is 115 Å². The number of hydrogen-bond donors (Lipinski definition) is 0. The molecule has 12 rings (SSSR count). The molecule has 0 spiro atoms. The van der Waals surface area contributed by atoms with E-state index in [1.165, 1.54) is 72.3 Å². The fraction of sp³-hybridized carbons (Fsp3) is 0.100. The fourth-order valence-corrected chi connectivity index (χ4v) is 11.2. The number of ether oxygens (including phenoxy) is 1. The molecule has 0 saturated heterocycles. The SMILES string of the molecule is CC1(C)c2ccccc2-c2cc(N(c3ccc(-c4ccccc4)cc3)c3ccc(-c4ccc5c(c4)C4Oc6ccccc6C4C5(c4ccccc4)c4ccccc4)cc3)ccc21. The smallest absolute Gasteiger partial charge is 0.133 e. The Kier molecular flexibility index (Phi) is 8.27. The third-order valence-corrected chi connectivity index (χ3v) is 14.0. The normalized spacial score (nSPS) is 16.9. The molecule has 0 bridgehead atoms. The van der Waals surface area contributed by atoms with Crippen molar-refractivity contribution in [3.05, 3.63) is 263 Å². The van der Waals surface area contributed by atoms with E-state index in [2.05, 4.69) is 243 Å². The summed E-state index contributed by atoms with van der Waals surface area (Å²) in [5.74, 6) is 1.07. The minimum Gasteiger partial charge on any atom is -0.485 e. The largest absolute Gasteiger partial charge is 0.485 e. The molecule has 2 heteroatoms. The average Bonchev–Trinajstić information content (AvgIpc) is 3.94. The lowest BCUT2D eigenvalue weighted by atomic mass is 9.63. The first-order valence-corrected chi connectivity index (χ1v) is 21.8. The Morgan fingerprint density at radius 2 is 0.887 bits per heavy atom. The first kappa shape index (κ1) is 36.4. The Balaban J connectivity index is 0.972. The molecule has 0 N–H and O–H groups in total. The zero-order valence-electron chi connectivity index (χ0n) is 34.9. The van der Waals surface area contributed by atoms with Crippen molar-refractivity contribution >= 4 is 17.1 Å². The highest BCUT2D eigenvalue weighted by atomic mass is 16.5. The van der Waals surface area contributed by atoms with Crippen LogP contribution in [-0.4, -0.2) is 0 Å². The summed E-state index contributed by atoms with van der Waals surface area (Å²) in [5, 5.41) is 0. The summed E-state index contributed by atoms with van der Waals surface area (Å²) in [7, 11) is 0. The van der Waals surface area contributed by atoms with E-state index in [9.17, 15) is 0 Å². The van der Waals surface area contributed by atoms with E-state index in [0.717, 1.165) is 22.8 Å². The first-order valence-electron chi connectivity index (χ1n) is 21.8. The number of fused-ring (bicyclic) bond motifs is 8. The van der Waals surface area contributed by atoms with E-state index >= 15 is 0 Å². The van der Waals surface area contributed by atoms with Crippen LogP contribution in [0.15, 0.2) is 224 Å². The van der Waals surface area contributed by atoms with Gasteiger partial charge in [0.05, 0.1) is 5.41 Å². The second-order valence-electron chi connectivity index (χ2n) is 17.6. The van der Waals surface area contributed by atoms with Crippen molar-refractivity contribution in [3.63, 3.8) is 0 Å². The zero-order chi connectivity index (χ0) is 41.4. The molecule has 2 nitrogen and oxygen atoms in total. The summed E-state index contributed by atoms with van der Waals surface area (Å²) in [4.78, 5) is 2.40. The quantitative estimate of drug-likeness (QED) is 0.159. The lowest BCUT2D eigenvalue weighted by Gasteiger charge is -2.37. The van der Waals surface area contributed by atoms with Crippen LogP contribution in [0.1, 0.15) is 64.8 Å². The number of rotatable bonds is 7. The third kappa shape index (κ3) is 5.43. The molecule has 0 amide bonds. The lowest BCUT2D eigenvalue weighted by Crippen LogP contribution is -2.33. The molecule has 2 unspecified atom stereocenters. The number of nitrogens with zero attached hydrogens (tertiary/aromatic N) is 1. The molecule has 9 aromatic rings. The molecule has 0 aromatic heterocycles. The van der Waals surface area contributed by atoms with E-state index in [-0.39, 0.29) is 17.4 Å².